The Labute approximate surface area is 230 Å². The molecule has 1 aliphatic rings. The van der Waals surface area contributed by atoms with Gasteiger partial charge in [-0.15, -0.1) is 0 Å². The zero-order valence-corrected chi connectivity index (χ0v) is 21.3. The van der Waals surface area contributed by atoms with E-state index in [-0.39, 0.29) is 40.3 Å². The summed E-state index contributed by atoms with van der Waals surface area (Å²) in [5.41, 5.74) is 9.36. The number of nitrogens with one attached hydrogen (secondary N) is 1. The summed E-state index contributed by atoms with van der Waals surface area (Å²) < 4.78 is 38.4. The number of piperidine rings is 1. The summed E-state index contributed by atoms with van der Waals surface area (Å²) in [6.45, 7) is 1.37. The average Bonchev–Trinajstić information content (AvgIpc) is 2.96. The molecule has 0 aromatic carbocycles. The number of halogens is 3. The molecule has 4 heterocycles. The number of aromatic nitrogens is 4. The number of amides is 3. The third-order valence-corrected chi connectivity index (χ3v) is 5.93. The predicted molar refractivity (Wildman–Crippen MR) is 137 cm³/mol. The van der Waals surface area contributed by atoms with Gasteiger partial charge in [0.25, 0.3) is 11.8 Å². The van der Waals surface area contributed by atoms with Crippen molar-refractivity contribution in [2.24, 2.45) is 17.4 Å². The lowest BCUT2D eigenvalue weighted by Gasteiger charge is -2.32. The van der Waals surface area contributed by atoms with Gasteiger partial charge in [0.05, 0.1) is 11.1 Å². The van der Waals surface area contributed by atoms with Crippen molar-refractivity contribution in [1.82, 2.24) is 25.3 Å². The van der Waals surface area contributed by atoms with Crippen molar-refractivity contribution in [3.63, 3.8) is 0 Å². The molecule has 4 rings (SSSR count). The Morgan fingerprint density at radius 3 is 2.02 bits per heavy atom. The van der Waals surface area contributed by atoms with Crippen LogP contribution in [0.1, 0.15) is 60.2 Å². The average molecular weight is 575 g/mol. The van der Waals surface area contributed by atoms with E-state index in [0.29, 0.717) is 32.5 Å². The van der Waals surface area contributed by atoms with E-state index in [4.69, 9.17) is 16.6 Å². The van der Waals surface area contributed by atoms with Crippen molar-refractivity contribution < 1.29 is 37.5 Å². The second-order valence-electron chi connectivity index (χ2n) is 8.78. The third kappa shape index (κ3) is 8.67. The molecule has 0 aliphatic carbocycles. The molecule has 0 unspecified atom stereocenters. The van der Waals surface area contributed by atoms with E-state index in [0.717, 1.165) is 12.3 Å². The number of carbonyl (C=O) groups excluding carboxylic acids is 3. The Hall–Kier alpha value is -5.15. The highest BCUT2D eigenvalue weighted by molar-refractivity contribution is 5.95. The molecule has 0 spiro atoms. The lowest BCUT2D eigenvalue weighted by molar-refractivity contribution is -0.141. The number of carbonyl (C=O) groups is 4. The van der Waals surface area contributed by atoms with Gasteiger partial charge in [0.15, 0.2) is 0 Å². The van der Waals surface area contributed by atoms with Crippen LogP contribution in [0.3, 0.4) is 0 Å². The van der Waals surface area contributed by atoms with Crippen LogP contribution in [0.4, 0.5) is 19.1 Å². The number of anilines is 1. The van der Waals surface area contributed by atoms with E-state index in [2.05, 4.69) is 25.3 Å². The van der Waals surface area contributed by atoms with Crippen molar-refractivity contribution in [2.75, 3.05) is 24.5 Å². The monoisotopic (exact) mass is 574 g/mol. The van der Waals surface area contributed by atoms with Crippen LogP contribution in [0.5, 0.6) is 0 Å². The SMILES string of the molecule is NC(=O)c1ccc(C(N)=O)nc1.O=C(NCC1CCN(c2nccc(C(F)(F)F)n2)CC1)c1ccc(C(=O)O)nc1. The normalized spacial score (nSPS) is 13.5. The van der Waals surface area contributed by atoms with Crippen LogP contribution in [0.25, 0.3) is 0 Å². The lowest BCUT2D eigenvalue weighted by Crippen LogP contribution is -2.39. The quantitative estimate of drug-likeness (QED) is 0.320. The number of pyridine rings is 2. The Morgan fingerprint density at radius 1 is 0.902 bits per heavy atom. The number of carboxylic acid groups (broad SMARTS) is 1. The van der Waals surface area contributed by atoms with E-state index in [1.807, 2.05) is 0 Å². The fourth-order valence-electron chi connectivity index (χ4n) is 3.67. The van der Waals surface area contributed by atoms with E-state index < -0.39 is 29.7 Å². The summed E-state index contributed by atoms with van der Waals surface area (Å²) in [6.07, 6.45) is 0.319. The third-order valence-electron chi connectivity index (χ3n) is 5.93. The zero-order valence-electron chi connectivity index (χ0n) is 21.3. The van der Waals surface area contributed by atoms with Crippen LogP contribution in [0.2, 0.25) is 0 Å². The molecule has 1 fully saturated rings. The molecule has 3 aromatic rings. The number of hydrogen-bond donors (Lipinski definition) is 4. The second-order valence-corrected chi connectivity index (χ2v) is 8.78. The Morgan fingerprint density at radius 2 is 1.51 bits per heavy atom. The molecule has 6 N–H and O–H groups in total. The molecule has 41 heavy (non-hydrogen) atoms. The molecule has 0 radical (unpaired) electrons. The van der Waals surface area contributed by atoms with Crippen molar-refractivity contribution in [2.45, 2.75) is 19.0 Å². The minimum Gasteiger partial charge on any atom is -0.477 e. The minimum absolute atomic E-state index is 0.0481. The van der Waals surface area contributed by atoms with E-state index in [1.54, 1.807) is 4.90 Å². The number of primary amides is 2. The maximum Gasteiger partial charge on any atom is 0.433 e. The first-order chi connectivity index (χ1) is 19.3. The Bertz CT molecular complexity index is 1360. The molecule has 1 aliphatic heterocycles. The fraction of sp³-hybridized carbons (Fsp3) is 0.280. The first kappa shape index (κ1) is 30.4. The highest BCUT2D eigenvalue weighted by Gasteiger charge is 2.33. The van der Waals surface area contributed by atoms with Gasteiger partial charge in [0.1, 0.15) is 17.1 Å². The van der Waals surface area contributed by atoms with Crippen LogP contribution >= 0.6 is 0 Å². The van der Waals surface area contributed by atoms with Crippen LogP contribution in [-0.4, -0.2) is 68.4 Å². The fourth-order valence-corrected chi connectivity index (χ4v) is 3.67. The van der Waals surface area contributed by atoms with Crippen molar-refractivity contribution in [3.05, 3.63) is 77.1 Å². The van der Waals surface area contributed by atoms with Gasteiger partial charge in [0.2, 0.25) is 11.9 Å². The van der Waals surface area contributed by atoms with Gasteiger partial charge in [-0.05, 0) is 49.1 Å². The molecule has 0 saturated carbocycles. The smallest absolute Gasteiger partial charge is 0.433 e. The maximum atomic E-state index is 12.8. The number of nitrogens with two attached hydrogens (primary N) is 2. The lowest BCUT2D eigenvalue weighted by atomic mass is 9.97. The number of alkyl halides is 3. The number of carboxylic acids is 1. The van der Waals surface area contributed by atoms with Gasteiger partial charge in [0, 0.05) is 38.2 Å². The van der Waals surface area contributed by atoms with Gasteiger partial charge >= 0.3 is 12.1 Å². The molecule has 3 amide bonds. The molecular formula is C25H25F3N8O5. The van der Waals surface area contributed by atoms with E-state index in [9.17, 15) is 32.3 Å². The Kier molecular flexibility index (Phi) is 9.84. The van der Waals surface area contributed by atoms with Crippen LogP contribution in [0, 0.1) is 5.92 Å². The Balaban J connectivity index is 0.000000322. The van der Waals surface area contributed by atoms with Crippen LogP contribution in [-0.2, 0) is 6.18 Å². The molecular weight excluding hydrogens is 549 g/mol. The first-order valence-electron chi connectivity index (χ1n) is 12.0. The van der Waals surface area contributed by atoms with E-state index in [1.165, 1.54) is 36.7 Å². The summed E-state index contributed by atoms with van der Waals surface area (Å²) in [4.78, 5) is 60.6. The van der Waals surface area contributed by atoms with Crippen LogP contribution in [0.15, 0.2) is 48.9 Å². The molecule has 0 atom stereocenters. The van der Waals surface area contributed by atoms with Crippen LogP contribution < -0.4 is 21.7 Å². The molecule has 13 nitrogen and oxygen atoms in total. The standard InChI is InChI=1S/C18H18F3N5O3.C7H7N3O2/c19-18(20,21)14-3-6-22-17(25-14)26-7-4-11(5-8-26)9-24-15(27)12-1-2-13(16(28)29)23-10-12;8-6(11)4-1-2-5(7(9)12)10-3-4/h1-3,6,10-11H,4-5,7-9H2,(H,24,27)(H,28,29);1-3H,(H2,8,11)(H2,9,12). The summed E-state index contributed by atoms with van der Waals surface area (Å²) in [5, 5.41) is 11.6. The summed E-state index contributed by atoms with van der Waals surface area (Å²) in [7, 11) is 0. The van der Waals surface area contributed by atoms with Gasteiger partial charge in [-0.1, -0.05) is 0 Å². The molecule has 216 valence electrons. The second kappa shape index (κ2) is 13.3. The summed E-state index contributed by atoms with van der Waals surface area (Å²) in [5.74, 6) is -2.55. The predicted octanol–water partition coefficient (Wildman–Crippen LogP) is 1.51. The zero-order chi connectivity index (χ0) is 30.2. The topological polar surface area (TPSA) is 207 Å². The summed E-state index contributed by atoms with van der Waals surface area (Å²) in [6, 6.07) is 6.23. The minimum atomic E-state index is -4.52. The van der Waals surface area contributed by atoms with E-state index >= 15 is 0 Å². The number of nitrogens with zero attached hydrogens (tertiary/aromatic N) is 5. The largest absolute Gasteiger partial charge is 0.477 e. The number of rotatable bonds is 7. The highest BCUT2D eigenvalue weighted by Crippen LogP contribution is 2.29. The van der Waals surface area contributed by atoms with Gasteiger partial charge < -0.3 is 26.8 Å². The van der Waals surface area contributed by atoms with Gasteiger partial charge in [-0.3, -0.25) is 19.4 Å². The molecule has 3 aromatic heterocycles. The first-order valence-corrected chi connectivity index (χ1v) is 12.0. The van der Waals surface area contributed by atoms with Crippen molar-refractivity contribution in [1.29, 1.82) is 0 Å². The summed E-state index contributed by atoms with van der Waals surface area (Å²) >= 11 is 0. The van der Waals surface area contributed by atoms with Gasteiger partial charge in [-0.2, -0.15) is 13.2 Å². The highest BCUT2D eigenvalue weighted by atomic mass is 19.4. The van der Waals surface area contributed by atoms with Crippen molar-refractivity contribution >= 4 is 29.6 Å². The van der Waals surface area contributed by atoms with Gasteiger partial charge in [-0.25, -0.2) is 19.7 Å². The maximum absolute atomic E-state index is 12.8. The van der Waals surface area contributed by atoms with Crippen molar-refractivity contribution in [3.8, 4) is 0 Å². The molecule has 0 bridgehead atoms. The molecule has 16 heteroatoms. The molecule has 1 saturated heterocycles. The number of aromatic carboxylic acids is 1. The number of hydrogen-bond acceptors (Lipinski definition) is 9.